The number of amides is 1. The summed E-state index contributed by atoms with van der Waals surface area (Å²) >= 11 is 0. The van der Waals surface area contributed by atoms with Gasteiger partial charge in [-0.3, -0.25) is 4.79 Å². The lowest BCUT2D eigenvalue weighted by atomic mass is 9.68. The largest absolute Gasteiger partial charge is 0.377 e. The maximum atomic E-state index is 12.3. The Kier molecular flexibility index (Phi) is 8.39. The predicted molar refractivity (Wildman–Crippen MR) is 98.3 cm³/mol. The molecule has 0 rings (SSSR count). The predicted octanol–water partition coefficient (Wildman–Crippen LogP) is 2.25. The lowest BCUT2D eigenvalue weighted by molar-refractivity contribution is -0.132. The molecule has 0 aromatic heterocycles. The summed E-state index contributed by atoms with van der Waals surface area (Å²) in [6.45, 7) is 12.0. The number of ether oxygens (including phenoxy) is 1. The molecule has 144 valence electrons. The van der Waals surface area contributed by atoms with E-state index in [1.807, 2.05) is 41.5 Å². The normalized spacial score (nSPS) is 17.0. The Labute approximate surface area is 148 Å². The van der Waals surface area contributed by atoms with Crippen LogP contribution in [0.3, 0.4) is 0 Å². The first-order valence-electron chi connectivity index (χ1n) is 8.48. The summed E-state index contributed by atoms with van der Waals surface area (Å²) in [4.78, 5) is 12.3. The summed E-state index contributed by atoms with van der Waals surface area (Å²) in [5.74, 6) is -0.0244. The van der Waals surface area contributed by atoms with Gasteiger partial charge in [-0.1, -0.05) is 27.7 Å². The van der Waals surface area contributed by atoms with Crippen molar-refractivity contribution in [3.63, 3.8) is 0 Å². The quantitative estimate of drug-likeness (QED) is 0.645. The first kappa shape index (κ1) is 23.3. The molecule has 0 heterocycles. The third kappa shape index (κ3) is 6.33. The molecule has 0 radical (unpaired) electrons. The second kappa shape index (κ2) is 8.63. The SMILES string of the molecule is CCC(C)(CC(C)(C)C(COC(C)C)N(C)S(C)(=O)=O)C(=O)NC. The van der Waals surface area contributed by atoms with Gasteiger partial charge in [0.2, 0.25) is 15.9 Å². The van der Waals surface area contributed by atoms with E-state index in [2.05, 4.69) is 5.32 Å². The molecule has 0 saturated carbocycles. The Hall–Kier alpha value is -0.660. The van der Waals surface area contributed by atoms with Gasteiger partial charge in [0.1, 0.15) is 0 Å². The maximum absolute atomic E-state index is 12.3. The van der Waals surface area contributed by atoms with Gasteiger partial charge in [-0.25, -0.2) is 8.42 Å². The fourth-order valence-electron chi connectivity index (χ4n) is 3.13. The summed E-state index contributed by atoms with van der Waals surface area (Å²) in [5.41, 5.74) is -1.00. The molecular formula is C17H36N2O4S. The minimum absolute atomic E-state index is 0.00718. The number of hydrogen-bond donors (Lipinski definition) is 1. The second-order valence-electron chi connectivity index (χ2n) is 7.84. The average molecular weight is 365 g/mol. The van der Waals surface area contributed by atoms with Crippen molar-refractivity contribution in [2.24, 2.45) is 10.8 Å². The zero-order valence-corrected chi connectivity index (χ0v) is 17.6. The molecule has 1 amide bonds. The van der Waals surface area contributed by atoms with Crippen LogP contribution in [0.1, 0.15) is 54.4 Å². The van der Waals surface area contributed by atoms with Gasteiger partial charge in [-0.2, -0.15) is 4.31 Å². The van der Waals surface area contributed by atoms with Gasteiger partial charge in [-0.15, -0.1) is 0 Å². The van der Waals surface area contributed by atoms with Crippen molar-refractivity contribution in [3.8, 4) is 0 Å². The molecule has 0 bridgehead atoms. The number of likely N-dealkylation sites (N-methyl/N-ethyl adjacent to an activating group) is 1. The van der Waals surface area contributed by atoms with Crippen molar-refractivity contribution in [2.45, 2.75) is 66.5 Å². The van der Waals surface area contributed by atoms with Crippen LogP contribution in [0.15, 0.2) is 0 Å². The molecule has 0 fully saturated rings. The van der Waals surface area contributed by atoms with Gasteiger partial charge in [0, 0.05) is 19.5 Å². The molecular weight excluding hydrogens is 328 g/mol. The van der Waals surface area contributed by atoms with Crippen LogP contribution in [0.4, 0.5) is 0 Å². The lowest BCUT2D eigenvalue weighted by Crippen LogP contribution is -2.52. The van der Waals surface area contributed by atoms with E-state index in [1.54, 1.807) is 14.1 Å². The minimum atomic E-state index is -3.37. The Morgan fingerprint density at radius 1 is 1.25 bits per heavy atom. The van der Waals surface area contributed by atoms with Gasteiger partial charge >= 0.3 is 0 Å². The van der Waals surface area contributed by atoms with Gasteiger partial charge < -0.3 is 10.1 Å². The van der Waals surface area contributed by atoms with Gasteiger partial charge in [0.25, 0.3) is 0 Å². The molecule has 24 heavy (non-hydrogen) atoms. The fourth-order valence-corrected chi connectivity index (χ4v) is 3.94. The number of hydrogen-bond acceptors (Lipinski definition) is 4. The molecule has 2 unspecified atom stereocenters. The first-order chi connectivity index (χ1) is 10.7. The first-order valence-corrected chi connectivity index (χ1v) is 10.3. The Balaban J connectivity index is 5.67. The molecule has 0 aliphatic heterocycles. The van der Waals surface area contributed by atoms with Crippen LogP contribution < -0.4 is 5.32 Å². The molecule has 0 aliphatic rings. The topological polar surface area (TPSA) is 75.7 Å². The van der Waals surface area contributed by atoms with Gasteiger partial charge in [0.05, 0.1) is 25.0 Å². The number of nitrogens with one attached hydrogen (secondary N) is 1. The molecule has 0 aliphatic carbocycles. The summed E-state index contributed by atoms with van der Waals surface area (Å²) in [7, 11) is -0.160. The van der Waals surface area contributed by atoms with E-state index in [9.17, 15) is 13.2 Å². The van der Waals surface area contributed by atoms with Crippen molar-refractivity contribution >= 4 is 15.9 Å². The molecule has 6 nitrogen and oxygen atoms in total. The molecule has 0 saturated heterocycles. The lowest BCUT2D eigenvalue weighted by Gasteiger charge is -2.43. The molecule has 1 N–H and O–H groups in total. The maximum Gasteiger partial charge on any atom is 0.225 e. The van der Waals surface area contributed by atoms with Crippen molar-refractivity contribution in [1.29, 1.82) is 0 Å². The van der Waals surface area contributed by atoms with E-state index in [4.69, 9.17) is 4.74 Å². The fraction of sp³-hybridized carbons (Fsp3) is 0.941. The highest BCUT2D eigenvalue weighted by Gasteiger charge is 2.43. The third-order valence-corrected chi connectivity index (χ3v) is 6.15. The zero-order valence-electron chi connectivity index (χ0n) is 16.8. The molecule has 0 aromatic carbocycles. The highest BCUT2D eigenvalue weighted by Crippen LogP contribution is 2.41. The Morgan fingerprint density at radius 2 is 1.75 bits per heavy atom. The van der Waals surface area contributed by atoms with Gasteiger partial charge in [0.15, 0.2) is 0 Å². The molecule has 2 atom stereocenters. The summed E-state index contributed by atoms with van der Waals surface area (Å²) in [6, 6.07) is -0.356. The highest BCUT2D eigenvalue weighted by molar-refractivity contribution is 7.88. The van der Waals surface area contributed by atoms with Crippen molar-refractivity contribution < 1.29 is 17.9 Å². The third-order valence-electron chi connectivity index (χ3n) is 4.85. The zero-order chi connectivity index (χ0) is 19.3. The number of nitrogens with zero attached hydrogens (tertiary/aromatic N) is 1. The van der Waals surface area contributed by atoms with Crippen molar-refractivity contribution in [1.82, 2.24) is 9.62 Å². The van der Waals surface area contributed by atoms with E-state index in [1.165, 1.54) is 10.6 Å². The van der Waals surface area contributed by atoms with Crippen molar-refractivity contribution in [3.05, 3.63) is 0 Å². The van der Waals surface area contributed by atoms with Gasteiger partial charge in [-0.05, 0) is 32.1 Å². The molecule has 7 heteroatoms. The van der Waals surface area contributed by atoms with Crippen LogP contribution in [0.25, 0.3) is 0 Å². The van der Waals surface area contributed by atoms with Crippen LogP contribution in [0.5, 0.6) is 0 Å². The molecule has 0 aromatic rings. The summed E-state index contributed by atoms with van der Waals surface area (Å²) in [6.07, 6.45) is 2.44. The van der Waals surface area contributed by atoms with Crippen molar-refractivity contribution in [2.75, 3.05) is 27.0 Å². The molecule has 0 spiro atoms. The number of carbonyl (C=O) groups excluding carboxylic acids is 1. The van der Waals surface area contributed by atoms with Crippen LogP contribution in [-0.2, 0) is 19.6 Å². The van der Waals surface area contributed by atoms with Crippen LogP contribution in [-0.4, -0.2) is 57.7 Å². The monoisotopic (exact) mass is 364 g/mol. The smallest absolute Gasteiger partial charge is 0.225 e. The second-order valence-corrected chi connectivity index (χ2v) is 9.88. The number of carbonyl (C=O) groups is 1. The van der Waals surface area contributed by atoms with E-state index in [0.717, 1.165) is 0 Å². The highest BCUT2D eigenvalue weighted by atomic mass is 32.2. The Bertz CT molecular complexity index is 517. The van der Waals surface area contributed by atoms with E-state index in [-0.39, 0.29) is 18.1 Å². The average Bonchev–Trinajstić information content (AvgIpc) is 2.43. The summed E-state index contributed by atoms with van der Waals surface area (Å²) < 4.78 is 31.3. The number of rotatable bonds is 10. The van der Waals surface area contributed by atoms with E-state index in [0.29, 0.717) is 19.4 Å². The van der Waals surface area contributed by atoms with E-state index >= 15 is 0 Å². The van der Waals surface area contributed by atoms with Crippen LogP contribution in [0.2, 0.25) is 0 Å². The van der Waals surface area contributed by atoms with Crippen LogP contribution in [0, 0.1) is 10.8 Å². The van der Waals surface area contributed by atoms with Crippen LogP contribution >= 0.6 is 0 Å². The summed E-state index contributed by atoms with van der Waals surface area (Å²) in [5, 5.41) is 2.73. The standard InChI is InChI=1S/C17H36N2O4S/c1-10-17(6,15(20)18-7)12-16(4,5)14(11-23-13(2)3)19(8)24(9,21)22/h13-14H,10-12H2,1-9H3,(H,18,20). The van der Waals surface area contributed by atoms with E-state index < -0.39 is 20.9 Å². The number of sulfonamides is 1. The Morgan fingerprint density at radius 3 is 2.08 bits per heavy atom. The minimum Gasteiger partial charge on any atom is -0.377 e.